The number of benzene rings is 1. The van der Waals surface area contributed by atoms with Crippen molar-refractivity contribution in [1.82, 2.24) is 0 Å². The van der Waals surface area contributed by atoms with Gasteiger partial charge in [0.2, 0.25) is 5.91 Å². The predicted molar refractivity (Wildman–Crippen MR) is 73.5 cm³/mol. The molecule has 1 aromatic carbocycles. The molecule has 0 aliphatic rings. The van der Waals surface area contributed by atoms with Crippen LogP contribution in [0.15, 0.2) is 18.2 Å². The van der Waals surface area contributed by atoms with Crippen LogP contribution in [-0.4, -0.2) is 17.6 Å². The van der Waals surface area contributed by atoms with E-state index in [1.54, 1.807) is 32.0 Å². The number of nitrogen functional groups attached to an aromatic ring is 1. The third-order valence-corrected chi connectivity index (χ3v) is 2.37. The van der Waals surface area contributed by atoms with E-state index in [1.807, 2.05) is 13.8 Å². The molecule has 5 nitrogen and oxygen atoms in total. The van der Waals surface area contributed by atoms with Crippen molar-refractivity contribution >= 4 is 17.3 Å². The molecule has 0 radical (unpaired) electrons. The van der Waals surface area contributed by atoms with Gasteiger partial charge in [-0.3, -0.25) is 4.79 Å². The van der Waals surface area contributed by atoms with E-state index in [4.69, 9.17) is 16.2 Å². The molecule has 0 bridgehead atoms. The predicted octanol–water partition coefficient (Wildman–Crippen LogP) is 1.73. The van der Waals surface area contributed by atoms with Crippen LogP contribution >= 0.6 is 0 Å². The lowest BCUT2D eigenvalue weighted by molar-refractivity contribution is -0.121. The quantitative estimate of drug-likeness (QED) is 0.695. The number of rotatable bonds is 5. The number of nitrogens with two attached hydrogens (primary N) is 2. The number of carbonyl (C=O) groups excluding carboxylic acids is 1. The maximum absolute atomic E-state index is 11.3. The van der Waals surface area contributed by atoms with Gasteiger partial charge in [-0.1, -0.05) is 0 Å². The van der Waals surface area contributed by atoms with Gasteiger partial charge in [-0.25, -0.2) is 0 Å². The number of primary amides is 1. The highest BCUT2D eigenvalue weighted by Crippen LogP contribution is 2.25. The number of hydrogen-bond acceptors (Lipinski definition) is 4. The highest BCUT2D eigenvalue weighted by molar-refractivity contribution is 5.87. The van der Waals surface area contributed by atoms with Gasteiger partial charge in [-0.15, -0.1) is 0 Å². The highest BCUT2D eigenvalue weighted by Gasteiger charge is 2.24. The van der Waals surface area contributed by atoms with Crippen LogP contribution in [0.1, 0.15) is 27.7 Å². The van der Waals surface area contributed by atoms with Gasteiger partial charge in [0.15, 0.2) is 0 Å². The fraction of sp³-hybridized carbons (Fsp3) is 0.462. The van der Waals surface area contributed by atoms with Gasteiger partial charge < -0.3 is 21.5 Å². The van der Waals surface area contributed by atoms with Gasteiger partial charge in [0.25, 0.3) is 0 Å². The Bertz CT molecular complexity index is 442. The molecule has 0 spiro atoms. The van der Waals surface area contributed by atoms with Gasteiger partial charge in [0, 0.05) is 23.5 Å². The van der Waals surface area contributed by atoms with Crippen LogP contribution in [-0.2, 0) is 4.79 Å². The van der Waals surface area contributed by atoms with Crippen LogP contribution in [0.2, 0.25) is 0 Å². The first kappa shape index (κ1) is 14.2. The fourth-order valence-corrected chi connectivity index (χ4v) is 1.46. The maximum atomic E-state index is 11.3. The van der Waals surface area contributed by atoms with E-state index >= 15 is 0 Å². The van der Waals surface area contributed by atoms with Crippen LogP contribution in [0.5, 0.6) is 5.75 Å². The lowest BCUT2D eigenvalue weighted by atomic mass is 10.0. The Morgan fingerprint density at radius 1 is 1.33 bits per heavy atom. The van der Waals surface area contributed by atoms with E-state index in [2.05, 4.69) is 5.32 Å². The van der Waals surface area contributed by atoms with Crippen molar-refractivity contribution in [2.75, 3.05) is 11.1 Å². The number of carbonyl (C=O) groups is 1. The minimum atomic E-state index is -0.844. The zero-order chi connectivity index (χ0) is 13.9. The molecule has 0 aromatic heterocycles. The van der Waals surface area contributed by atoms with Gasteiger partial charge in [0.05, 0.1) is 6.10 Å². The summed E-state index contributed by atoms with van der Waals surface area (Å²) in [6.45, 7) is 7.29. The second kappa shape index (κ2) is 5.16. The van der Waals surface area contributed by atoms with E-state index in [1.165, 1.54) is 0 Å². The molecular weight excluding hydrogens is 230 g/mol. The van der Waals surface area contributed by atoms with Crippen LogP contribution in [0.4, 0.5) is 11.4 Å². The number of anilines is 2. The maximum Gasteiger partial charge on any atom is 0.242 e. The molecular formula is C13H21N3O2. The molecule has 0 saturated carbocycles. The minimum absolute atomic E-state index is 0.0591. The highest BCUT2D eigenvalue weighted by atomic mass is 16.5. The van der Waals surface area contributed by atoms with E-state index in [0.717, 1.165) is 0 Å². The van der Waals surface area contributed by atoms with Crippen molar-refractivity contribution in [3.63, 3.8) is 0 Å². The summed E-state index contributed by atoms with van der Waals surface area (Å²) in [4.78, 5) is 11.3. The van der Waals surface area contributed by atoms with E-state index in [0.29, 0.717) is 17.1 Å². The van der Waals surface area contributed by atoms with Crippen molar-refractivity contribution < 1.29 is 9.53 Å². The normalized spacial score (nSPS) is 11.4. The van der Waals surface area contributed by atoms with Crippen molar-refractivity contribution in [3.8, 4) is 5.75 Å². The molecule has 0 heterocycles. The summed E-state index contributed by atoms with van der Waals surface area (Å²) >= 11 is 0. The topological polar surface area (TPSA) is 90.4 Å². The molecule has 5 heteroatoms. The second-order valence-corrected chi connectivity index (χ2v) is 5.07. The first-order valence-corrected chi connectivity index (χ1v) is 5.86. The van der Waals surface area contributed by atoms with Gasteiger partial charge in [-0.2, -0.15) is 0 Å². The Kier molecular flexibility index (Phi) is 4.06. The Balaban J connectivity index is 2.96. The van der Waals surface area contributed by atoms with Crippen molar-refractivity contribution in [1.29, 1.82) is 0 Å². The average Bonchev–Trinajstić information content (AvgIpc) is 2.13. The van der Waals surface area contributed by atoms with Crippen LogP contribution < -0.4 is 21.5 Å². The Morgan fingerprint density at radius 3 is 2.44 bits per heavy atom. The lowest BCUT2D eigenvalue weighted by Gasteiger charge is -2.24. The summed E-state index contributed by atoms with van der Waals surface area (Å²) in [7, 11) is 0. The lowest BCUT2D eigenvalue weighted by Crippen LogP contribution is -2.45. The molecule has 0 aliphatic heterocycles. The Hall–Kier alpha value is -1.91. The molecule has 100 valence electrons. The summed E-state index contributed by atoms with van der Waals surface area (Å²) in [5, 5.41) is 3.04. The van der Waals surface area contributed by atoms with Gasteiger partial charge >= 0.3 is 0 Å². The third-order valence-electron chi connectivity index (χ3n) is 2.37. The number of ether oxygens (including phenoxy) is 1. The van der Waals surface area contributed by atoms with E-state index in [9.17, 15) is 4.79 Å². The number of amides is 1. The molecule has 1 rings (SSSR count). The summed E-state index contributed by atoms with van der Waals surface area (Å²) in [5.74, 6) is 0.226. The first-order valence-electron chi connectivity index (χ1n) is 5.86. The average molecular weight is 251 g/mol. The molecule has 1 aromatic rings. The molecule has 0 fully saturated rings. The van der Waals surface area contributed by atoms with Crippen LogP contribution in [0.25, 0.3) is 0 Å². The Morgan fingerprint density at radius 2 is 1.94 bits per heavy atom. The smallest absolute Gasteiger partial charge is 0.242 e. The van der Waals surface area contributed by atoms with E-state index in [-0.39, 0.29) is 6.10 Å². The van der Waals surface area contributed by atoms with Crippen LogP contribution in [0, 0.1) is 0 Å². The Labute approximate surface area is 107 Å². The van der Waals surface area contributed by atoms with Gasteiger partial charge in [0.1, 0.15) is 11.3 Å². The van der Waals surface area contributed by atoms with Crippen molar-refractivity contribution in [2.45, 2.75) is 39.3 Å². The molecule has 0 aliphatic carbocycles. The standard InChI is InChI=1S/C13H21N3O2/c1-8(2)18-11-6-9(14)5-10(7-11)16-13(3,4)12(15)17/h5-8,16H,14H2,1-4H3,(H2,15,17). The first-order chi connectivity index (χ1) is 8.20. The second-order valence-electron chi connectivity index (χ2n) is 5.07. The summed E-state index contributed by atoms with van der Waals surface area (Å²) < 4.78 is 5.57. The van der Waals surface area contributed by atoms with Crippen LogP contribution in [0.3, 0.4) is 0 Å². The molecule has 0 unspecified atom stereocenters. The zero-order valence-corrected chi connectivity index (χ0v) is 11.3. The number of nitrogens with one attached hydrogen (secondary N) is 1. The zero-order valence-electron chi connectivity index (χ0n) is 11.3. The largest absolute Gasteiger partial charge is 0.491 e. The monoisotopic (exact) mass is 251 g/mol. The molecule has 18 heavy (non-hydrogen) atoms. The van der Waals surface area contributed by atoms with E-state index < -0.39 is 11.4 Å². The molecule has 5 N–H and O–H groups in total. The molecule has 0 atom stereocenters. The van der Waals surface area contributed by atoms with Crippen molar-refractivity contribution in [2.24, 2.45) is 5.73 Å². The molecule has 1 amide bonds. The fourth-order valence-electron chi connectivity index (χ4n) is 1.46. The summed E-state index contributed by atoms with van der Waals surface area (Å²) in [5.41, 5.74) is 11.5. The molecule has 0 saturated heterocycles. The summed E-state index contributed by atoms with van der Waals surface area (Å²) in [6.07, 6.45) is 0.0591. The van der Waals surface area contributed by atoms with Gasteiger partial charge in [-0.05, 0) is 33.8 Å². The summed E-state index contributed by atoms with van der Waals surface area (Å²) in [6, 6.07) is 5.27. The third kappa shape index (κ3) is 3.84. The minimum Gasteiger partial charge on any atom is -0.491 e. The van der Waals surface area contributed by atoms with Crippen molar-refractivity contribution in [3.05, 3.63) is 18.2 Å². The number of hydrogen-bond donors (Lipinski definition) is 3. The SMILES string of the molecule is CC(C)Oc1cc(N)cc(NC(C)(C)C(N)=O)c1.